The van der Waals surface area contributed by atoms with Gasteiger partial charge < -0.3 is 10.2 Å². The highest BCUT2D eigenvalue weighted by Crippen LogP contribution is 2.26. The van der Waals surface area contributed by atoms with Gasteiger partial charge in [-0.05, 0) is 13.8 Å². The molecule has 1 aromatic rings. The quantitative estimate of drug-likeness (QED) is 0.666. The monoisotopic (exact) mass is 210 g/mol. The van der Waals surface area contributed by atoms with Crippen LogP contribution in [0.3, 0.4) is 0 Å². The van der Waals surface area contributed by atoms with Crippen LogP contribution in [0.25, 0.3) is 0 Å². The summed E-state index contributed by atoms with van der Waals surface area (Å²) in [5.74, 6) is 0.595. The van der Waals surface area contributed by atoms with Gasteiger partial charge in [0, 0.05) is 13.1 Å². The number of nitrogens with zero attached hydrogens (tertiary/aromatic N) is 2. The average Bonchev–Trinajstić information content (AvgIpc) is 2.58. The van der Waals surface area contributed by atoms with Crippen LogP contribution >= 0.6 is 0 Å². The molecule has 6 heteroatoms. The van der Waals surface area contributed by atoms with E-state index in [2.05, 4.69) is 10.3 Å². The van der Waals surface area contributed by atoms with E-state index in [0.717, 1.165) is 0 Å². The molecule has 0 spiro atoms. The van der Waals surface area contributed by atoms with E-state index in [0.29, 0.717) is 18.2 Å². The van der Waals surface area contributed by atoms with Crippen LogP contribution in [0.2, 0.25) is 0 Å². The van der Waals surface area contributed by atoms with E-state index in [1.165, 1.54) is 4.57 Å². The summed E-state index contributed by atoms with van der Waals surface area (Å²) in [6.45, 7) is 4.57. The third kappa shape index (κ3) is 1.33. The highest BCUT2D eigenvalue weighted by molar-refractivity contribution is 5.70. The van der Waals surface area contributed by atoms with Crippen molar-refractivity contribution in [3.8, 4) is 0 Å². The Labute approximate surface area is 86.5 Å². The van der Waals surface area contributed by atoms with Gasteiger partial charge in [0.25, 0.3) is 5.56 Å². The van der Waals surface area contributed by atoms with Gasteiger partial charge in [0.05, 0.1) is 6.67 Å². The molecule has 15 heavy (non-hydrogen) atoms. The molecule has 2 heterocycles. The Balaban J connectivity index is 2.69. The second-order valence-electron chi connectivity index (χ2n) is 3.91. The van der Waals surface area contributed by atoms with Crippen LogP contribution in [0, 0.1) is 0 Å². The number of nitrogens with one attached hydrogen (secondary N) is 2. The van der Waals surface area contributed by atoms with Gasteiger partial charge in [0.1, 0.15) is 11.5 Å². The first kappa shape index (κ1) is 9.82. The zero-order valence-electron chi connectivity index (χ0n) is 9.00. The van der Waals surface area contributed by atoms with Crippen molar-refractivity contribution in [1.29, 1.82) is 0 Å². The van der Waals surface area contributed by atoms with Crippen molar-refractivity contribution in [3.63, 3.8) is 0 Å². The van der Waals surface area contributed by atoms with Crippen LogP contribution in [-0.2, 0) is 7.05 Å². The molecule has 0 bridgehead atoms. The van der Waals surface area contributed by atoms with Gasteiger partial charge in [-0.1, -0.05) is 0 Å². The molecule has 2 N–H and O–H groups in total. The van der Waals surface area contributed by atoms with E-state index in [1.807, 2.05) is 18.7 Å². The SMILES string of the molecule is CC(C)N1CNc2c1c(=O)[nH]c(=O)n2C. The standard InChI is InChI=1S/C9H14N4O2/c1-5(2)13-4-10-7-6(13)8(14)11-9(15)12(7)3/h5,10H,4H2,1-3H3,(H,11,14,15). The van der Waals surface area contributed by atoms with Gasteiger partial charge in [0.2, 0.25) is 0 Å². The molecule has 0 aliphatic carbocycles. The summed E-state index contributed by atoms with van der Waals surface area (Å²) in [6, 6.07) is 0.220. The summed E-state index contributed by atoms with van der Waals surface area (Å²) in [5.41, 5.74) is -0.171. The third-order valence-electron chi connectivity index (χ3n) is 2.63. The maximum Gasteiger partial charge on any atom is 0.329 e. The van der Waals surface area contributed by atoms with Crippen LogP contribution in [0.4, 0.5) is 11.5 Å². The summed E-state index contributed by atoms with van der Waals surface area (Å²) in [6.07, 6.45) is 0. The Morgan fingerprint density at radius 3 is 2.60 bits per heavy atom. The summed E-state index contributed by atoms with van der Waals surface area (Å²) in [7, 11) is 1.63. The van der Waals surface area contributed by atoms with Crippen molar-refractivity contribution < 1.29 is 0 Å². The zero-order chi connectivity index (χ0) is 11.2. The van der Waals surface area contributed by atoms with Crippen molar-refractivity contribution in [2.45, 2.75) is 19.9 Å². The van der Waals surface area contributed by atoms with Crippen LogP contribution in [0.5, 0.6) is 0 Å². The number of hydrogen-bond acceptors (Lipinski definition) is 4. The molecule has 0 saturated heterocycles. The molecule has 0 atom stereocenters. The van der Waals surface area contributed by atoms with Gasteiger partial charge in [-0.2, -0.15) is 0 Å². The maximum atomic E-state index is 11.6. The lowest BCUT2D eigenvalue weighted by molar-refractivity contribution is 0.721. The fourth-order valence-corrected chi connectivity index (χ4v) is 1.76. The number of fused-ring (bicyclic) bond motifs is 1. The third-order valence-corrected chi connectivity index (χ3v) is 2.63. The number of aromatic nitrogens is 2. The van der Waals surface area contributed by atoms with Crippen LogP contribution in [0.1, 0.15) is 13.8 Å². The molecule has 1 aliphatic heterocycles. The molecule has 0 saturated carbocycles. The van der Waals surface area contributed by atoms with E-state index in [4.69, 9.17) is 0 Å². The first-order valence-corrected chi connectivity index (χ1v) is 4.86. The van der Waals surface area contributed by atoms with Crippen molar-refractivity contribution in [2.24, 2.45) is 7.05 Å². The Kier molecular flexibility index (Phi) is 2.06. The fourth-order valence-electron chi connectivity index (χ4n) is 1.76. The Bertz CT molecular complexity index is 500. The van der Waals surface area contributed by atoms with Crippen molar-refractivity contribution in [1.82, 2.24) is 9.55 Å². The minimum Gasteiger partial charge on any atom is -0.352 e. The highest BCUT2D eigenvalue weighted by atomic mass is 16.2. The molecular formula is C9H14N4O2. The highest BCUT2D eigenvalue weighted by Gasteiger charge is 2.26. The number of anilines is 2. The van der Waals surface area contributed by atoms with E-state index in [9.17, 15) is 9.59 Å². The summed E-state index contributed by atoms with van der Waals surface area (Å²) in [5, 5.41) is 3.05. The number of aromatic amines is 1. The van der Waals surface area contributed by atoms with Crippen molar-refractivity contribution in [2.75, 3.05) is 16.9 Å². The topological polar surface area (TPSA) is 70.1 Å². The average molecular weight is 210 g/mol. The van der Waals surface area contributed by atoms with Gasteiger partial charge in [0.15, 0.2) is 0 Å². The molecule has 1 aliphatic rings. The Hall–Kier alpha value is -1.72. The minimum atomic E-state index is -0.392. The van der Waals surface area contributed by atoms with E-state index in [1.54, 1.807) is 7.05 Å². The zero-order valence-corrected chi connectivity index (χ0v) is 9.00. The number of hydrogen-bond donors (Lipinski definition) is 2. The summed E-state index contributed by atoms with van der Waals surface area (Å²) < 4.78 is 1.42. The minimum absolute atomic E-state index is 0.220. The normalized spacial score (nSPS) is 14.3. The first-order chi connectivity index (χ1) is 7.02. The molecule has 0 fully saturated rings. The van der Waals surface area contributed by atoms with Gasteiger partial charge in [-0.15, -0.1) is 0 Å². The predicted molar refractivity (Wildman–Crippen MR) is 58.4 cm³/mol. The van der Waals surface area contributed by atoms with E-state index >= 15 is 0 Å². The maximum absolute atomic E-state index is 11.6. The molecule has 0 aromatic carbocycles. The Morgan fingerprint density at radius 2 is 2.00 bits per heavy atom. The Morgan fingerprint density at radius 1 is 1.33 bits per heavy atom. The van der Waals surface area contributed by atoms with Crippen molar-refractivity contribution >= 4 is 11.5 Å². The molecule has 6 nitrogen and oxygen atoms in total. The second kappa shape index (κ2) is 3.15. The molecule has 0 radical (unpaired) electrons. The molecule has 1 aromatic heterocycles. The lowest BCUT2D eigenvalue weighted by Crippen LogP contribution is -2.35. The smallest absolute Gasteiger partial charge is 0.329 e. The van der Waals surface area contributed by atoms with Gasteiger partial charge in [-0.25, -0.2) is 4.79 Å². The first-order valence-electron chi connectivity index (χ1n) is 4.86. The van der Waals surface area contributed by atoms with Gasteiger partial charge >= 0.3 is 5.69 Å². The summed E-state index contributed by atoms with van der Waals surface area (Å²) in [4.78, 5) is 27.2. The molecule has 0 amide bonds. The summed E-state index contributed by atoms with van der Waals surface area (Å²) >= 11 is 0. The van der Waals surface area contributed by atoms with E-state index < -0.39 is 5.69 Å². The lowest BCUT2D eigenvalue weighted by Gasteiger charge is -2.21. The molecular weight excluding hydrogens is 196 g/mol. The fraction of sp³-hybridized carbons (Fsp3) is 0.556. The number of H-pyrrole nitrogens is 1. The van der Waals surface area contributed by atoms with Gasteiger partial charge in [-0.3, -0.25) is 14.3 Å². The molecule has 2 rings (SSSR count). The molecule has 0 unspecified atom stereocenters. The van der Waals surface area contributed by atoms with E-state index in [-0.39, 0.29) is 11.6 Å². The lowest BCUT2D eigenvalue weighted by atomic mass is 10.3. The van der Waals surface area contributed by atoms with Crippen LogP contribution in [-0.4, -0.2) is 22.3 Å². The van der Waals surface area contributed by atoms with Crippen LogP contribution in [0.15, 0.2) is 9.59 Å². The molecule has 82 valence electrons. The van der Waals surface area contributed by atoms with Crippen molar-refractivity contribution in [3.05, 3.63) is 20.8 Å². The van der Waals surface area contributed by atoms with Crippen LogP contribution < -0.4 is 21.5 Å². The largest absolute Gasteiger partial charge is 0.352 e. The number of rotatable bonds is 1. The predicted octanol–water partition coefficient (Wildman–Crippen LogP) is -0.329. The second-order valence-corrected chi connectivity index (χ2v) is 3.91.